The van der Waals surface area contributed by atoms with Crippen LogP contribution in [0.15, 0.2) is 23.1 Å². The van der Waals surface area contributed by atoms with Gasteiger partial charge in [-0.25, -0.2) is 12.8 Å². The van der Waals surface area contributed by atoms with Crippen molar-refractivity contribution in [2.24, 2.45) is 0 Å². The highest BCUT2D eigenvalue weighted by molar-refractivity contribution is 8.13. The molecule has 0 aromatic heterocycles. The number of hydrogen-bond donors (Lipinski definition) is 1. The summed E-state index contributed by atoms with van der Waals surface area (Å²) in [7, 11) is 1.07. The average molecular weight is 324 g/mol. The van der Waals surface area contributed by atoms with Gasteiger partial charge in [-0.1, -0.05) is 0 Å². The lowest BCUT2D eigenvalue weighted by Crippen LogP contribution is -2.36. The summed E-state index contributed by atoms with van der Waals surface area (Å²) >= 11 is 0. The third-order valence-corrected chi connectivity index (χ3v) is 3.77. The standard InChI is InChI=1S/C12H15ClFNO4S/c1-3-19-7-8(2)15-12(16)10-5-4-9(6-11(10)14)20(13,17)18/h4-6,8H,3,7H2,1-2H3,(H,15,16). The van der Waals surface area contributed by atoms with E-state index in [1.54, 1.807) is 6.92 Å². The van der Waals surface area contributed by atoms with Crippen LogP contribution in [0.5, 0.6) is 0 Å². The number of rotatable bonds is 6. The van der Waals surface area contributed by atoms with Crippen LogP contribution in [0.25, 0.3) is 0 Å². The van der Waals surface area contributed by atoms with Crippen molar-refractivity contribution >= 4 is 25.6 Å². The highest BCUT2D eigenvalue weighted by atomic mass is 35.7. The summed E-state index contributed by atoms with van der Waals surface area (Å²) < 4.78 is 40.9. The maximum absolute atomic E-state index is 13.7. The van der Waals surface area contributed by atoms with Gasteiger partial charge in [0.15, 0.2) is 0 Å². The van der Waals surface area contributed by atoms with Gasteiger partial charge in [0.2, 0.25) is 0 Å². The molecule has 0 aliphatic heterocycles. The molecule has 0 aliphatic rings. The average Bonchev–Trinajstić information content (AvgIpc) is 2.34. The van der Waals surface area contributed by atoms with E-state index < -0.39 is 25.7 Å². The Hall–Kier alpha value is -1.18. The third-order valence-electron chi connectivity index (χ3n) is 2.42. The summed E-state index contributed by atoms with van der Waals surface area (Å²) in [4.78, 5) is 11.4. The Morgan fingerprint density at radius 3 is 2.65 bits per heavy atom. The first-order chi connectivity index (χ1) is 9.25. The molecule has 1 N–H and O–H groups in total. The molecule has 0 bridgehead atoms. The molecule has 112 valence electrons. The summed E-state index contributed by atoms with van der Waals surface area (Å²) in [5.41, 5.74) is -0.252. The van der Waals surface area contributed by atoms with Gasteiger partial charge in [-0.15, -0.1) is 0 Å². The van der Waals surface area contributed by atoms with Crippen LogP contribution in [0.2, 0.25) is 0 Å². The zero-order valence-corrected chi connectivity index (χ0v) is 12.6. The summed E-state index contributed by atoms with van der Waals surface area (Å²) in [6, 6.07) is 2.57. The van der Waals surface area contributed by atoms with E-state index in [9.17, 15) is 17.6 Å². The predicted molar refractivity (Wildman–Crippen MR) is 72.9 cm³/mol. The zero-order valence-electron chi connectivity index (χ0n) is 11.0. The second kappa shape index (κ2) is 7.01. The fraction of sp³-hybridized carbons (Fsp3) is 0.417. The lowest BCUT2D eigenvalue weighted by molar-refractivity contribution is 0.0868. The van der Waals surface area contributed by atoms with Gasteiger partial charge in [-0.3, -0.25) is 4.79 Å². The van der Waals surface area contributed by atoms with E-state index in [0.717, 1.165) is 12.1 Å². The summed E-state index contributed by atoms with van der Waals surface area (Å²) in [6.45, 7) is 4.34. The normalized spacial score (nSPS) is 13.0. The number of ether oxygens (including phenoxy) is 1. The van der Waals surface area contributed by atoms with E-state index in [4.69, 9.17) is 15.4 Å². The third kappa shape index (κ3) is 4.73. The minimum absolute atomic E-state index is 0.252. The first kappa shape index (κ1) is 16.9. The van der Waals surface area contributed by atoms with Crippen molar-refractivity contribution in [1.29, 1.82) is 0 Å². The minimum atomic E-state index is -4.02. The molecule has 20 heavy (non-hydrogen) atoms. The van der Waals surface area contributed by atoms with Crippen molar-refractivity contribution in [3.8, 4) is 0 Å². The molecule has 1 amide bonds. The van der Waals surface area contributed by atoms with Gasteiger partial charge in [0.05, 0.1) is 17.1 Å². The SMILES string of the molecule is CCOCC(C)NC(=O)c1ccc(S(=O)(=O)Cl)cc1F. The Kier molecular flexibility index (Phi) is 5.91. The molecular weight excluding hydrogens is 309 g/mol. The van der Waals surface area contributed by atoms with Crippen LogP contribution in [0.1, 0.15) is 24.2 Å². The van der Waals surface area contributed by atoms with Crippen LogP contribution in [-0.2, 0) is 13.8 Å². The lowest BCUT2D eigenvalue weighted by Gasteiger charge is -2.14. The number of nitrogens with one attached hydrogen (secondary N) is 1. The molecule has 1 aromatic carbocycles. The molecule has 0 aliphatic carbocycles. The fourth-order valence-electron chi connectivity index (χ4n) is 1.47. The smallest absolute Gasteiger partial charge is 0.261 e. The first-order valence-electron chi connectivity index (χ1n) is 5.88. The highest BCUT2D eigenvalue weighted by Crippen LogP contribution is 2.18. The van der Waals surface area contributed by atoms with Crippen molar-refractivity contribution in [2.75, 3.05) is 13.2 Å². The summed E-state index contributed by atoms with van der Waals surface area (Å²) in [6.07, 6.45) is 0. The molecule has 5 nitrogen and oxygen atoms in total. The quantitative estimate of drug-likeness (QED) is 0.812. The molecule has 1 aromatic rings. The van der Waals surface area contributed by atoms with Gasteiger partial charge in [0, 0.05) is 23.3 Å². The Morgan fingerprint density at radius 1 is 1.50 bits per heavy atom. The highest BCUT2D eigenvalue weighted by Gasteiger charge is 2.18. The molecule has 0 saturated carbocycles. The number of benzene rings is 1. The molecule has 0 saturated heterocycles. The van der Waals surface area contributed by atoms with E-state index in [-0.39, 0.29) is 11.6 Å². The fourth-order valence-corrected chi connectivity index (χ4v) is 2.23. The van der Waals surface area contributed by atoms with Crippen LogP contribution < -0.4 is 5.32 Å². The molecule has 0 heterocycles. The Labute approximate surface area is 121 Å². The van der Waals surface area contributed by atoms with Crippen molar-refractivity contribution in [2.45, 2.75) is 24.8 Å². The predicted octanol–water partition coefficient (Wildman–Crippen LogP) is 1.91. The molecule has 0 radical (unpaired) electrons. The van der Waals surface area contributed by atoms with E-state index in [1.807, 2.05) is 6.92 Å². The van der Waals surface area contributed by atoms with Crippen molar-refractivity contribution in [3.63, 3.8) is 0 Å². The second-order valence-electron chi connectivity index (χ2n) is 4.11. The number of amides is 1. The molecule has 0 spiro atoms. The molecule has 0 fully saturated rings. The van der Waals surface area contributed by atoms with E-state index in [1.165, 1.54) is 0 Å². The van der Waals surface area contributed by atoms with E-state index in [2.05, 4.69) is 5.32 Å². The van der Waals surface area contributed by atoms with Gasteiger partial charge in [0.1, 0.15) is 5.82 Å². The van der Waals surface area contributed by atoms with Gasteiger partial charge in [0.25, 0.3) is 15.0 Å². The van der Waals surface area contributed by atoms with Crippen LogP contribution in [-0.4, -0.2) is 33.6 Å². The zero-order chi connectivity index (χ0) is 15.3. The topological polar surface area (TPSA) is 72.5 Å². The Morgan fingerprint density at radius 2 is 2.15 bits per heavy atom. The van der Waals surface area contributed by atoms with Gasteiger partial charge in [-0.2, -0.15) is 0 Å². The number of carbonyl (C=O) groups is 1. The lowest BCUT2D eigenvalue weighted by atomic mass is 10.2. The largest absolute Gasteiger partial charge is 0.380 e. The summed E-state index contributed by atoms with van der Waals surface area (Å²) in [5.74, 6) is -1.60. The van der Waals surface area contributed by atoms with Crippen molar-refractivity contribution in [1.82, 2.24) is 5.32 Å². The van der Waals surface area contributed by atoms with E-state index >= 15 is 0 Å². The molecule has 1 atom stereocenters. The second-order valence-corrected chi connectivity index (χ2v) is 6.68. The Bertz CT molecular complexity index is 591. The number of hydrogen-bond acceptors (Lipinski definition) is 4. The van der Waals surface area contributed by atoms with Crippen molar-refractivity contribution in [3.05, 3.63) is 29.6 Å². The molecule has 8 heteroatoms. The van der Waals surface area contributed by atoms with E-state index in [0.29, 0.717) is 19.3 Å². The maximum atomic E-state index is 13.7. The monoisotopic (exact) mass is 323 g/mol. The van der Waals surface area contributed by atoms with Crippen molar-refractivity contribution < 1.29 is 22.3 Å². The summed E-state index contributed by atoms with van der Waals surface area (Å²) in [5, 5.41) is 2.54. The number of carbonyl (C=O) groups excluding carboxylic acids is 1. The van der Waals surface area contributed by atoms with Gasteiger partial charge in [-0.05, 0) is 32.0 Å². The minimum Gasteiger partial charge on any atom is -0.380 e. The number of halogens is 2. The van der Waals surface area contributed by atoms with Gasteiger partial charge < -0.3 is 10.1 Å². The van der Waals surface area contributed by atoms with Crippen LogP contribution in [0.4, 0.5) is 4.39 Å². The molecule has 1 rings (SSSR count). The molecular formula is C12H15ClFNO4S. The van der Waals surface area contributed by atoms with Crippen LogP contribution in [0, 0.1) is 5.82 Å². The van der Waals surface area contributed by atoms with Crippen LogP contribution >= 0.6 is 10.7 Å². The maximum Gasteiger partial charge on any atom is 0.261 e. The molecule has 1 unspecified atom stereocenters. The van der Waals surface area contributed by atoms with Gasteiger partial charge >= 0.3 is 0 Å². The van der Waals surface area contributed by atoms with Crippen LogP contribution in [0.3, 0.4) is 0 Å². The Balaban J connectivity index is 2.84. The first-order valence-corrected chi connectivity index (χ1v) is 8.19.